The maximum Gasteiger partial charge on any atom is 0.277 e. The third kappa shape index (κ3) is 4.02. The number of carbonyl (C=O) groups is 1. The van der Waals surface area contributed by atoms with Crippen LogP contribution in [0.25, 0.3) is 21.8 Å². The Morgan fingerprint density at radius 1 is 1.10 bits per heavy atom. The predicted octanol–water partition coefficient (Wildman–Crippen LogP) is 5.31. The van der Waals surface area contributed by atoms with Gasteiger partial charge in [0.25, 0.3) is 5.91 Å². The van der Waals surface area contributed by atoms with Crippen LogP contribution in [0.3, 0.4) is 0 Å². The van der Waals surface area contributed by atoms with Crippen molar-refractivity contribution in [2.24, 2.45) is 5.10 Å². The summed E-state index contributed by atoms with van der Waals surface area (Å²) in [6, 6.07) is 19.8. The molecule has 1 N–H and O–H groups in total. The van der Waals surface area contributed by atoms with Crippen LogP contribution in [-0.2, 0) is 11.3 Å². The largest absolute Gasteiger partial charge is 0.484 e. The molecule has 0 saturated carbocycles. The number of amides is 1. The Morgan fingerprint density at radius 2 is 1.90 bits per heavy atom. The summed E-state index contributed by atoms with van der Waals surface area (Å²) >= 11 is 5.99. The molecule has 0 unspecified atom stereocenters. The molecule has 0 fully saturated rings. The zero-order valence-corrected chi connectivity index (χ0v) is 17.6. The van der Waals surface area contributed by atoms with Crippen molar-refractivity contribution in [3.63, 3.8) is 0 Å². The number of fused-ring (bicyclic) bond motifs is 3. The van der Waals surface area contributed by atoms with Gasteiger partial charge in [-0.15, -0.1) is 0 Å². The first-order valence-electron chi connectivity index (χ1n) is 9.78. The molecule has 4 aromatic rings. The van der Waals surface area contributed by atoms with Gasteiger partial charge in [0.1, 0.15) is 5.75 Å². The van der Waals surface area contributed by atoms with Gasteiger partial charge in [0.2, 0.25) is 0 Å². The number of para-hydroxylation sites is 1. The highest BCUT2D eigenvalue weighted by Gasteiger charge is 2.09. The average Bonchev–Trinajstić information content (AvgIpc) is 3.07. The number of hydrazone groups is 1. The van der Waals surface area contributed by atoms with E-state index in [1.165, 1.54) is 21.8 Å². The van der Waals surface area contributed by atoms with Crippen LogP contribution >= 0.6 is 11.6 Å². The third-order valence-electron chi connectivity index (χ3n) is 5.01. The quantitative estimate of drug-likeness (QED) is 0.340. The molecule has 3 aromatic carbocycles. The predicted molar refractivity (Wildman–Crippen MR) is 123 cm³/mol. The maximum atomic E-state index is 12.0. The third-order valence-corrected chi connectivity index (χ3v) is 5.44. The Hall–Kier alpha value is -3.31. The molecule has 6 heteroatoms. The SMILES string of the molecule is CCn1c2ccccc2c2cc(C=NNC(=O)COc3ccc(Cl)c(C)c3)ccc21. The lowest BCUT2D eigenvalue weighted by atomic mass is 10.1. The molecule has 0 atom stereocenters. The van der Waals surface area contributed by atoms with Gasteiger partial charge < -0.3 is 9.30 Å². The van der Waals surface area contributed by atoms with Gasteiger partial charge in [-0.1, -0.05) is 35.9 Å². The number of nitrogens with zero attached hydrogens (tertiary/aromatic N) is 2. The van der Waals surface area contributed by atoms with Gasteiger partial charge in [-0.3, -0.25) is 4.79 Å². The average molecular weight is 420 g/mol. The maximum absolute atomic E-state index is 12.0. The molecule has 1 amide bonds. The van der Waals surface area contributed by atoms with Gasteiger partial charge in [-0.2, -0.15) is 5.10 Å². The van der Waals surface area contributed by atoms with Crippen LogP contribution < -0.4 is 10.2 Å². The summed E-state index contributed by atoms with van der Waals surface area (Å²) in [5.41, 5.74) is 6.71. The fraction of sp³-hybridized carbons (Fsp3) is 0.167. The number of rotatable bonds is 6. The standard InChI is InChI=1S/C24H22ClN3O2/c1-3-28-22-7-5-4-6-19(22)20-13-17(8-11-23(20)28)14-26-27-24(29)15-30-18-9-10-21(25)16(2)12-18/h4-14H,3,15H2,1-2H3,(H,27,29). The molecule has 0 aliphatic heterocycles. The molecule has 0 saturated heterocycles. The van der Waals surface area contributed by atoms with E-state index in [1.54, 1.807) is 24.4 Å². The van der Waals surface area contributed by atoms with Crippen LogP contribution in [0, 0.1) is 6.92 Å². The molecule has 5 nitrogen and oxygen atoms in total. The van der Waals surface area contributed by atoms with Crippen molar-refractivity contribution in [1.29, 1.82) is 0 Å². The first kappa shape index (κ1) is 20.0. The number of hydrogen-bond acceptors (Lipinski definition) is 3. The molecule has 0 radical (unpaired) electrons. The summed E-state index contributed by atoms with van der Waals surface area (Å²) in [6.07, 6.45) is 1.64. The van der Waals surface area contributed by atoms with E-state index in [2.05, 4.69) is 52.3 Å². The summed E-state index contributed by atoms with van der Waals surface area (Å²) < 4.78 is 7.77. The van der Waals surface area contributed by atoms with Crippen LogP contribution in [0.4, 0.5) is 0 Å². The number of aromatic nitrogens is 1. The summed E-state index contributed by atoms with van der Waals surface area (Å²) in [4.78, 5) is 12.0. The van der Waals surface area contributed by atoms with Crippen LogP contribution in [0.15, 0.2) is 65.8 Å². The Labute approximate surface area is 179 Å². The second-order valence-electron chi connectivity index (χ2n) is 7.03. The molecule has 0 aliphatic carbocycles. The fourth-order valence-electron chi connectivity index (χ4n) is 3.56. The van der Waals surface area contributed by atoms with Crippen molar-refractivity contribution >= 4 is 45.5 Å². The van der Waals surface area contributed by atoms with Gasteiger partial charge in [0, 0.05) is 33.4 Å². The fourth-order valence-corrected chi connectivity index (χ4v) is 3.68. The summed E-state index contributed by atoms with van der Waals surface area (Å²) in [5, 5.41) is 7.11. The minimum absolute atomic E-state index is 0.124. The first-order chi connectivity index (χ1) is 14.6. The molecule has 0 spiro atoms. The summed E-state index contributed by atoms with van der Waals surface area (Å²) in [5.74, 6) is 0.260. The summed E-state index contributed by atoms with van der Waals surface area (Å²) in [6.45, 7) is 4.81. The van der Waals surface area contributed by atoms with Gasteiger partial charge >= 0.3 is 0 Å². The lowest BCUT2D eigenvalue weighted by Crippen LogP contribution is -2.24. The zero-order chi connectivity index (χ0) is 21.1. The summed E-state index contributed by atoms with van der Waals surface area (Å²) in [7, 11) is 0. The molecule has 0 aliphatic rings. The Balaban J connectivity index is 1.44. The van der Waals surface area contributed by atoms with Crippen LogP contribution in [0.5, 0.6) is 5.75 Å². The lowest BCUT2D eigenvalue weighted by Gasteiger charge is -2.06. The number of hydrogen-bond donors (Lipinski definition) is 1. The lowest BCUT2D eigenvalue weighted by molar-refractivity contribution is -0.123. The van der Waals surface area contributed by atoms with Crippen molar-refractivity contribution in [3.8, 4) is 5.75 Å². The van der Waals surface area contributed by atoms with E-state index in [0.29, 0.717) is 10.8 Å². The molecule has 152 valence electrons. The normalized spacial score (nSPS) is 11.4. The first-order valence-corrected chi connectivity index (χ1v) is 10.2. The topological polar surface area (TPSA) is 55.6 Å². The number of ether oxygens (including phenoxy) is 1. The molecule has 1 heterocycles. The number of aryl methyl sites for hydroxylation is 2. The second-order valence-corrected chi connectivity index (χ2v) is 7.44. The van der Waals surface area contributed by atoms with Gasteiger partial charge in [0.05, 0.1) is 6.21 Å². The van der Waals surface area contributed by atoms with E-state index in [0.717, 1.165) is 17.7 Å². The van der Waals surface area contributed by atoms with Crippen molar-refractivity contribution < 1.29 is 9.53 Å². The number of nitrogens with one attached hydrogen (secondary N) is 1. The van der Waals surface area contributed by atoms with Crippen molar-refractivity contribution in [3.05, 3.63) is 76.8 Å². The van der Waals surface area contributed by atoms with Gasteiger partial charge in [0.15, 0.2) is 6.61 Å². The molecule has 0 bridgehead atoms. The zero-order valence-electron chi connectivity index (χ0n) is 16.9. The Bertz CT molecular complexity index is 1260. The van der Waals surface area contributed by atoms with E-state index in [4.69, 9.17) is 16.3 Å². The van der Waals surface area contributed by atoms with Crippen molar-refractivity contribution in [1.82, 2.24) is 9.99 Å². The van der Waals surface area contributed by atoms with Crippen LogP contribution in [0.2, 0.25) is 5.02 Å². The number of carbonyl (C=O) groups excluding carboxylic acids is 1. The minimum atomic E-state index is -0.331. The molecular weight excluding hydrogens is 398 g/mol. The van der Waals surface area contributed by atoms with E-state index in [-0.39, 0.29) is 12.5 Å². The smallest absolute Gasteiger partial charge is 0.277 e. The molecule has 1 aromatic heterocycles. The number of halogens is 1. The highest BCUT2D eigenvalue weighted by molar-refractivity contribution is 6.31. The van der Waals surface area contributed by atoms with Crippen LogP contribution in [0.1, 0.15) is 18.1 Å². The van der Waals surface area contributed by atoms with E-state index >= 15 is 0 Å². The van der Waals surface area contributed by atoms with Crippen LogP contribution in [-0.4, -0.2) is 23.3 Å². The second kappa shape index (κ2) is 8.59. The monoisotopic (exact) mass is 419 g/mol. The molecule has 4 rings (SSSR count). The Kier molecular flexibility index (Phi) is 5.72. The van der Waals surface area contributed by atoms with E-state index in [9.17, 15) is 4.79 Å². The number of benzene rings is 3. The van der Waals surface area contributed by atoms with E-state index in [1.807, 2.05) is 19.1 Å². The minimum Gasteiger partial charge on any atom is -0.484 e. The highest BCUT2D eigenvalue weighted by atomic mass is 35.5. The molecular formula is C24H22ClN3O2. The van der Waals surface area contributed by atoms with Gasteiger partial charge in [-0.05, 0) is 61.4 Å². The van der Waals surface area contributed by atoms with Gasteiger partial charge in [-0.25, -0.2) is 5.43 Å². The molecule has 30 heavy (non-hydrogen) atoms. The van der Waals surface area contributed by atoms with E-state index < -0.39 is 0 Å². The van der Waals surface area contributed by atoms with Crippen molar-refractivity contribution in [2.45, 2.75) is 20.4 Å². The van der Waals surface area contributed by atoms with Crippen molar-refractivity contribution in [2.75, 3.05) is 6.61 Å². The Morgan fingerprint density at radius 3 is 2.70 bits per heavy atom. The highest BCUT2D eigenvalue weighted by Crippen LogP contribution is 2.29.